The number of carbonyl (C=O) groups is 1. The summed E-state index contributed by atoms with van der Waals surface area (Å²) in [6, 6.07) is 1.55. The van der Waals surface area contributed by atoms with Crippen molar-refractivity contribution in [3.63, 3.8) is 0 Å². The maximum atomic E-state index is 11.7. The zero-order valence-electron chi connectivity index (χ0n) is 14.0. The Morgan fingerprint density at radius 1 is 1.43 bits per heavy atom. The molecule has 0 aromatic carbocycles. The van der Waals surface area contributed by atoms with E-state index in [-0.39, 0.29) is 11.5 Å². The number of methoxy groups -OCH3 is 1. The number of aromatic nitrogens is 1. The summed E-state index contributed by atoms with van der Waals surface area (Å²) in [4.78, 5) is 18.2. The monoisotopic (exact) mass is 318 g/mol. The normalized spacial score (nSPS) is 24.0. The number of hydrogen-bond acceptors (Lipinski definition) is 4. The maximum absolute atomic E-state index is 11.7. The van der Waals surface area contributed by atoms with Crippen molar-refractivity contribution >= 4 is 5.97 Å². The first-order valence-corrected chi connectivity index (χ1v) is 8.49. The molecule has 0 bridgehead atoms. The molecule has 1 aliphatic heterocycles. The van der Waals surface area contributed by atoms with Crippen LogP contribution in [0.25, 0.3) is 0 Å². The molecular formula is C18H26N2O3. The Balaban J connectivity index is 1.78. The van der Waals surface area contributed by atoms with Crippen molar-refractivity contribution < 1.29 is 14.6 Å². The van der Waals surface area contributed by atoms with E-state index in [0.29, 0.717) is 12.4 Å². The van der Waals surface area contributed by atoms with Crippen LogP contribution in [0.15, 0.2) is 12.3 Å². The first kappa shape index (κ1) is 16.2. The van der Waals surface area contributed by atoms with Gasteiger partial charge in [-0.25, -0.2) is 4.98 Å². The Hall–Kier alpha value is -1.62. The standard InChI is InChI=1S/C18H26N2O3/c1-13-8-16(23-2)19-10-14(13)11-20-12-18(6-4-3-5-7-18)9-15(20)17(21)22/h8,10,15H,3-7,9,11-12H2,1-2H3,(H,21,22). The van der Waals surface area contributed by atoms with Gasteiger partial charge in [0, 0.05) is 25.4 Å². The fraction of sp³-hybridized carbons (Fsp3) is 0.667. The van der Waals surface area contributed by atoms with Crippen LogP contribution in [0, 0.1) is 12.3 Å². The predicted molar refractivity (Wildman–Crippen MR) is 87.5 cm³/mol. The molecule has 5 nitrogen and oxygen atoms in total. The first-order chi connectivity index (χ1) is 11.0. The first-order valence-electron chi connectivity index (χ1n) is 8.49. The summed E-state index contributed by atoms with van der Waals surface area (Å²) >= 11 is 0. The number of aryl methyl sites for hydroxylation is 1. The van der Waals surface area contributed by atoms with Crippen molar-refractivity contribution in [2.75, 3.05) is 13.7 Å². The number of rotatable bonds is 4. The van der Waals surface area contributed by atoms with Crippen LogP contribution < -0.4 is 4.74 Å². The van der Waals surface area contributed by atoms with Crippen molar-refractivity contribution in [1.29, 1.82) is 0 Å². The van der Waals surface area contributed by atoms with Crippen molar-refractivity contribution in [2.24, 2.45) is 5.41 Å². The van der Waals surface area contributed by atoms with Crippen molar-refractivity contribution in [2.45, 2.75) is 58.0 Å². The van der Waals surface area contributed by atoms with Gasteiger partial charge < -0.3 is 9.84 Å². The topological polar surface area (TPSA) is 62.7 Å². The predicted octanol–water partition coefficient (Wildman–Crippen LogP) is 3.01. The van der Waals surface area contributed by atoms with Crippen LogP contribution in [-0.2, 0) is 11.3 Å². The Morgan fingerprint density at radius 2 is 2.17 bits per heavy atom. The van der Waals surface area contributed by atoms with E-state index in [1.165, 1.54) is 32.1 Å². The van der Waals surface area contributed by atoms with Gasteiger partial charge in [0.15, 0.2) is 0 Å². The minimum atomic E-state index is -0.688. The van der Waals surface area contributed by atoms with Gasteiger partial charge in [-0.2, -0.15) is 0 Å². The van der Waals surface area contributed by atoms with Crippen molar-refractivity contribution in [1.82, 2.24) is 9.88 Å². The molecule has 2 heterocycles. The molecule has 2 fully saturated rings. The third kappa shape index (κ3) is 3.34. The molecule has 1 aromatic rings. The van der Waals surface area contributed by atoms with Gasteiger partial charge in [-0.05, 0) is 42.7 Å². The molecule has 1 N–H and O–H groups in total. The summed E-state index contributed by atoms with van der Waals surface area (Å²) in [5.41, 5.74) is 2.41. The highest BCUT2D eigenvalue weighted by molar-refractivity contribution is 5.74. The highest BCUT2D eigenvalue weighted by Gasteiger charge is 2.46. The molecule has 1 atom stereocenters. The quantitative estimate of drug-likeness (QED) is 0.924. The molecule has 1 aromatic heterocycles. The largest absolute Gasteiger partial charge is 0.481 e. The summed E-state index contributed by atoms with van der Waals surface area (Å²) in [5.74, 6) is -0.0854. The third-order valence-electron chi connectivity index (χ3n) is 5.58. The lowest BCUT2D eigenvalue weighted by molar-refractivity contribution is -0.142. The van der Waals surface area contributed by atoms with E-state index in [2.05, 4.69) is 9.88 Å². The van der Waals surface area contributed by atoms with E-state index in [1.54, 1.807) is 7.11 Å². The van der Waals surface area contributed by atoms with Crippen LogP contribution in [0.4, 0.5) is 0 Å². The van der Waals surface area contributed by atoms with E-state index < -0.39 is 5.97 Å². The van der Waals surface area contributed by atoms with Crippen LogP contribution in [0.5, 0.6) is 5.88 Å². The van der Waals surface area contributed by atoms with Crippen LogP contribution in [0.2, 0.25) is 0 Å². The molecule has 1 saturated heterocycles. The summed E-state index contributed by atoms with van der Waals surface area (Å²) in [6.45, 7) is 3.58. The summed E-state index contributed by atoms with van der Waals surface area (Å²) in [7, 11) is 1.61. The molecular weight excluding hydrogens is 292 g/mol. The van der Waals surface area contributed by atoms with Crippen LogP contribution in [0.1, 0.15) is 49.7 Å². The molecule has 23 heavy (non-hydrogen) atoms. The third-order valence-corrected chi connectivity index (χ3v) is 5.58. The maximum Gasteiger partial charge on any atom is 0.320 e. The fourth-order valence-electron chi connectivity index (χ4n) is 4.27. The minimum Gasteiger partial charge on any atom is -0.481 e. The van der Waals surface area contributed by atoms with Gasteiger partial charge in [0.25, 0.3) is 0 Å². The van der Waals surface area contributed by atoms with E-state index in [0.717, 1.165) is 24.1 Å². The molecule has 5 heteroatoms. The number of carboxylic acids is 1. The highest BCUT2D eigenvalue weighted by atomic mass is 16.5. The van der Waals surface area contributed by atoms with Gasteiger partial charge in [-0.3, -0.25) is 9.69 Å². The summed E-state index contributed by atoms with van der Waals surface area (Å²) in [5, 5.41) is 9.65. The second-order valence-electron chi connectivity index (χ2n) is 7.18. The SMILES string of the molecule is COc1cc(C)c(CN2CC3(CCCCC3)CC2C(=O)O)cn1. The smallest absolute Gasteiger partial charge is 0.320 e. The number of ether oxygens (including phenoxy) is 1. The molecule has 0 amide bonds. The van der Waals surface area contributed by atoms with Gasteiger partial charge in [-0.15, -0.1) is 0 Å². The molecule has 3 rings (SSSR count). The Labute approximate surface area is 137 Å². The van der Waals surface area contributed by atoms with Crippen LogP contribution in [0.3, 0.4) is 0 Å². The zero-order valence-corrected chi connectivity index (χ0v) is 14.0. The second kappa shape index (κ2) is 6.48. The fourth-order valence-corrected chi connectivity index (χ4v) is 4.27. The average molecular weight is 318 g/mol. The van der Waals surface area contributed by atoms with Crippen molar-refractivity contribution in [3.8, 4) is 5.88 Å². The van der Waals surface area contributed by atoms with Gasteiger partial charge in [0.1, 0.15) is 6.04 Å². The van der Waals surface area contributed by atoms with Crippen LogP contribution in [-0.4, -0.2) is 40.7 Å². The summed E-state index contributed by atoms with van der Waals surface area (Å²) in [6.07, 6.45) is 8.73. The molecule has 126 valence electrons. The Morgan fingerprint density at radius 3 is 2.78 bits per heavy atom. The number of nitrogens with zero attached hydrogens (tertiary/aromatic N) is 2. The van der Waals surface area contributed by atoms with E-state index in [9.17, 15) is 9.90 Å². The molecule has 0 radical (unpaired) electrons. The minimum absolute atomic E-state index is 0.217. The number of hydrogen-bond donors (Lipinski definition) is 1. The van der Waals surface area contributed by atoms with Crippen molar-refractivity contribution in [3.05, 3.63) is 23.4 Å². The van der Waals surface area contributed by atoms with Gasteiger partial charge >= 0.3 is 5.97 Å². The van der Waals surface area contributed by atoms with Gasteiger partial charge in [-0.1, -0.05) is 19.3 Å². The second-order valence-corrected chi connectivity index (χ2v) is 7.18. The molecule has 1 spiro atoms. The number of aliphatic carboxylic acids is 1. The van der Waals surface area contributed by atoms with Crippen LogP contribution >= 0.6 is 0 Å². The Kier molecular flexibility index (Phi) is 4.57. The van der Waals surface area contributed by atoms with E-state index in [4.69, 9.17) is 4.74 Å². The molecule has 1 aliphatic carbocycles. The Bertz CT molecular complexity index is 582. The lowest BCUT2D eigenvalue weighted by Gasteiger charge is -2.33. The highest BCUT2D eigenvalue weighted by Crippen LogP contribution is 2.46. The number of likely N-dealkylation sites (tertiary alicyclic amines) is 1. The van der Waals surface area contributed by atoms with Gasteiger partial charge in [0.05, 0.1) is 7.11 Å². The van der Waals surface area contributed by atoms with Gasteiger partial charge in [0.2, 0.25) is 5.88 Å². The lowest BCUT2D eigenvalue weighted by Crippen LogP contribution is -2.35. The average Bonchev–Trinajstić information content (AvgIpc) is 2.88. The molecule has 1 saturated carbocycles. The molecule has 1 unspecified atom stereocenters. The van der Waals surface area contributed by atoms with E-state index in [1.807, 2.05) is 19.2 Å². The van der Waals surface area contributed by atoms with E-state index >= 15 is 0 Å². The number of carboxylic acid groups (broad SMARTS) is 1. The zero-order chi connectivity index (χ0) is 16.4. The summed E-state index contributed by atoms with van der Waals surface area (Å²) < 4.78 is 5.15. The lowest BCUT2D eigenvalue weighted by atomic mass is 9.73. The molecule has 2 aliphatic rings. The number of pyridine rings is 1.